The van der Waals surface area contributed by atoms with Gasteiger partial charge in [0.15, 0.2) is 0 Å². The Balaban J connectivity index is 3.47. The topological polar surface area (TPSA) is 101 Å². The second-order valence-electron chi connectivity index (χ2n) is 3.71. The third-order valence-electron chi connectivity index (χ3n) is 1.80. The molecule has 0 aromatic carbocycles. The van der Waals surface area contributed by atoms with Crippen molar-refractivity contribution < 1.29 is 38.4 Å². The number of aliphatic hydroxyl groups is 1. The first-order valence-electron chi connectivity index (χ1n) is 5.75. The Bertz CT molecular complexity index is 265. The van der Waals surface area contributed by atoms with Crippen molar-refractivity contribution in [3.8, 4) is 0 Å². The summed E-state index contributed by atoms with van der Waals surface area (Å²) in [5, 5.41) is 8.84. The van der Waals surface area contributed by atoms with Crippen LogP contribution in [0.3, 0.4) is 0 Å². The van der Waals surface area contributed by atoms with Crippen molar-refractivity contribution >= 4 is 12.3 Å². The lowest BCUT2D eigenvalue weighted by Crippen LogP contribution is -2.21. The number of hydrogen-bond acceptors (Lipinski definition) is 8. The van der Waals surface area contributed by atoms with Crippen molar-refractivity contribution in [2.75, 3.05) is 33.5 Å². The summed E-state index contributed by atoms with van der Waals surface area (Å²) < 4.78 is 23.2. The lowest BCUT2D eigenvalue weighted by atomic mass is 10.4. The largest absolute Gasteiger partial charge is 0.508 e. The molecule has 8 heteroatoms. The second-order valence-corrected chi connectivity index (χ2v) is 3.71. The van der Waals surface area contributed by atoms with Gasteiger partial charge in [-0.3, -0.25) is 0 Å². The number of ether oxygens (including phenoxy) is 5. The zero-order valence-electron chi connectivity index (χ0n) is 11.3. The molecule has 0 aliphatic rings. The van der Waals surface area contributed by atoms with Crippen molar-refractivity contribution in [2.45, 2.75) is 26.1 Å². The van der Waals surface area contributed by atoms with Crippen LogP contribution in [0, 0.1) is 0 Å². The maximum Gasteiger partial charge on any atom is 0.508 e. The first kappa shape index (κ1) is 17.5. The number of hydrogen-bond donors (Lipinski definition) is 1. The molecule has 0 bridgehead atoms. The average molecular weight is 280 g/mol. The van der Waals surface area contributed by atoms with Gasteiger partial charge in [0.25, 0.3) is 0 Å². The van der Waals surface area contributed by atoms with E-state index in [0.29, 0.717) is 0 Å². The fourth-order valence-corrected chi connectivity index (χ4v) is 0.775. The predicted octanol–water partition coefficient (Wildman–Crippen LogP) is 0.709. The van der Waals surface area contributed by atoms with E-state index >= 15 is 0 Å². The molecule has 0 aromatic heterocycles. The normalized spacial score (nSPS) is 13.3. The van der Waals surface area contributed by atoms with E-state index in [1.807, 2.05) is 0 Å². The smallest absolute Gasteiger partial charge is 0.432 e. The quantitative estimate of drug-likeness (QED) is 0.512. The Morgan fingerprint density at radius 2 is 1.42 bits per heavy atom. The van der Waals surface area contributed by atoms with Gasteiger partial charge in [-0.2, -0.15) is 0 Å². The van der Waals surface area contributed by atoms with E-state index in [-0.39, 0.29) is 32.5 Å². The molecular formula is C11H20O8. The molecule has 0 spiro atoms. The van der Waals surface area contributed by atoms with Crippen molar-refractivity contribution in [3.05, 3.63) is 0 Å². The first-order valence-corrected chi connectivity index (χ1v) is 5.75. The zero-order valence-corrected chi connectivity index (χ0v) is 11.3. The van der Waals surface area contributed by atoms with Gasteiger partial charge in [-0.15, -0.1) is 0 Å². The third kappa shape index (κ3) is 11.3. The molecule has 0 amide bonds. The first-order chi connectivity index (χ1) is 8.95. The van der Waals surface area contributed by atoms with Crippen LogP contribution in [0.5, 0.6) is 0 Å². The van der Waals surface area contributed by atoms with E-state index in [1.54, 1.807) is 6.92 Å². The Morgan fingerprint density at radius 3 is 1.84 bits per heavy atom. The number of methoxy groups -OCH3 is 1. The summed E-state index contributed by atoms with van der Waals surface area (Å²) in [7, 11) is 1.49. The van der Waals surface area contributed by atoms with Crippen molar-refractivity contribution in [1.82, 2.24) is 0 Å². The summed E-state index contributed by atoms with van der Waals surface area (Å²) in [6.45, 7) is 2.81. The highest BCUT2D eigenvalue weighted by molar-refractivity contribution is 5.60. The molecule has 19 heavy (non-hydrogen) atoms. The molecule has 1 N–H and O–H groups in total. The maximum atomic E-state index is 11.0. The minimum atomic E-state index is -0.939. The van der Waals surface area contributed by atoms with Gasteiger partial charge < -0.3 is 28.8 Å². The van der Waals surface area contributed by atoms with Crippen LogP contribution in [-0.2, 0) is 23.7 Å². The van der Waals surface area contributed by atoms with Gasteiger partial charge in [0, 0.05) is 7.11 Å². The molecule has 0 heterocycles. The van der Waals surface area contributed by atoms with Crippen molar-refractivity contribution in [1.29, 1.82) is 0 Å². The van der Waals surface area contributed by atoms with E-state index in [9.17, 15) is 9.59 Å². The fraction of sp³-hybridized carbons (Fsp3) is 0.818. The van der Waals surface area contributed by atoms with Crippen molar-refractivity contribution in [3.63, 3.8) is 0 Å². The van der Waals surface area contributed by atoms with Crippen molar-refractivity contribution in [2.24, 2.45) is 0 Å². The monoisotopic (exact) mass is 280 g/mol. The van der Waals surface area contributed by atoms with Gasteiger partial charge in [0.05, 0.1) is 12.2 Å². The molecule has 0 saturated carbocycles. The lowest BCUT2D eigenvalue weighted by molar-refractivity contribution is -0.00838. The highest BCUT2D eigenvalue weighted by atomic mass is 16.7. The highest BCUT2D eigenvalue weighted by Gasteiger charge is 2.09. The van der Waals surface area contributed by atoms with Crippen LogP contribution in [0.2, 0.25) is 0 Å². The van der Waals surface area contributed by atoms with Crippen LogP contribution in [-0.4, -0.2) is 63.2 Å². The predicted molar refractivity (Wildman–Crippen MR) is 62.8 cm³/mol. The van der Waals surface area contributed by atoms with Crippen LogP contribution in [0.1, 0.15) is 13.8 Å². The molecular weight excluding hydrogens is 260 g/mol. The second kappa shape index (κ2) is 10.4. The summed E-state index contributed by atoms with van der Waals surface area (Å²) in [5.41, 5.74) is 0. The minimum Gasteiger partial charge on any atom is -0.432 e. The minimum absolute atomic E-state index is 0.0760. The fourth-order valence-electron chi connectivity index (χ4n) is 0.775. The van der Waals surface area contributed by atoms with E-state index in [2.05, 4.69) is 18.9 Å². The maximum absolute atomic E-state index is 11.0. The van der Waals surface area contributed by atoms with Crippen LogP contribution in [0.15, 0.2) is 0 Å². The van der Waals surface area contributed by atoms with Crippen LogP contribution in [0.4, 0.5) is 9.59 Å². The van der Waals surface area contributed by atoms with Crippen LogP contribution >= 0.6 is 0 Å². The van der Waals surface area contributed by atoms with Gasteiger partial charge in [-0.1, -0.05) is 0 Å². The molecule has 0 aromatic rings. The number of carbonyl (C=O) groups excluding carboxylic acids is 2. The van der Waals surface area contributed by atoms with E-state index in [0.717, 1.165) is 0 Å². The molecule has 0 aliphatic heterocycles. The van der Waals surface area contributed by atoms with E-state index in [1.165, 1.54) is 14.0 Å². The SMILES string of the molecule is COC(C)COC(=O)OCCOC(=O)OCC(C)O. The van der Waals surface area contributed by atoms with Gasteiger partial charge >= 0.3 is 12.3 Å². The Kier molecular flexibility index (Phi) is 9.55. The molecule has 2 atom stereocenters. The zero-order chi connectivity index (χ0) is 14.7. The molecule has 8 nitrogen and oxygen atoms in total. The van der Waals surface area contributed by atoms with Crippen LogP contribution in [0.25, 0.3) is 0 Å². The van der Waals surface area contributed by atoms with Gasteiger partial charge in [0.1, 0.15) is 26.4 Å². The summed E-state index contributed by atoms with van der Waals surface area (Å²) in [6, 6.07) is 0. The summed E-state index contributed by atoms with van der Waals surface area (Å²) in [6.07, 6.45) is -2.79. The molecule has 0 rings (SSSR count). The summed E-state index contributed by atoms with van der Waals surface area (Å²) in [5.74, 6) is 0. The Morgan fingerprint density at radius 1 is 0.947 bits per heavy atom. The Hall–Kier alpha value is -1.54. The molecule has 0 fully saturated rings. The average Bonchev–Trinajstić information content (AvgIpc) is 2.38. The molecule has 0 saturated heterocycles. The molecule has 0 radical (unpaired) electrons. The summed E-state index contributed by atoms with van der Waals surface area (Å²) in [4.78, 5) is 21.9. The number of aliphatic hydroxyl groups excluding tert-OH is 1. The molecule has 112 valence electrons. The van der Waals surface area contributed by atoms with E-state index < -0.39 is 18.4 Å². The Labute approximate surface area is 111 Å². The molecule has 0 aliphatic carbocycles. The van der Waals surface area contributed by atoms with Gasteiger partial charge in [-0.05, 0) is 13.8 Å². The van der Waals surface area contributed by atoms with Gasteiger partial charge in [0.2, 0.25) is 0 Å². The van der Waals surface area contributed by atoms with Crippen LogP contribution < -0.4 is 0 Å². The number of carbonyl (C=O) groups is 2. The van der Waals surface area contributed by atoms with Gasteiger partial charge in [-0.25, -0.2) is 9.59 Å². The lowest BCUT2D eigenvalue weighted by Gasteiger charge is -2.10. The molecule has 2 unspecified atom stereocenters. The standard InChI is InChI=1S/C11H20O8/c1-8(12)6-18-10(13)16-4-5-17-11(14)19-7-9(2)15-3/h8-9,12H,4-7H2,1-3H3. The highest BCUT2D eigenvalue weighted by Crippen LogP contribution is 1.93. The van der Waals surface area contributed by atoms with E-state index in [4.69, 9.17) is 9.84 Å². The number of rotatable bonds is 8. The third-order valence-corrected chi connectivity index (χ3v) is 1.80. The summed E-state index contributed by atoms with van der Waals surface area (Å²) >= 11 is 0.